The first-order valence-corrected chi connectivity index (χ1v) is 8.38. The van der Waals surface area contributed by atoms with Crippen LogP contribution in [0, 0.1) is 11.8 Å². The number of carbonyl (C=O) groups is 2. The third-order valence-electron chi connectivity index (χ3n) is 3.91. The molecule has 2 rings (SSSR count). The number of hydrogen-bond donors (Lipinski definition) is 1. The van der Waals surface area contributed by atoms with Gasteiger partial charge < -0.3 is 10.0 Å². The molecule has 0 aromatic rings. The van der Waals surface area contributed by atoms with Gasteiger partial charge in [0.1, 0.15) is 0 Å². The lowest BCUT2D eigenvalue weighted by molar-refractivity contribution is -0.137. The summed E-state index contributed by atoms with van der Waals surface area (Å²) in [4.78, 5) is 24.6. The van der Waals surface area contributed by atoms with Crippen molar-refractivity contribution in [1.82, 2.24) is 4.90 Å². The van der Waals surface area contributed by atoms with Crippen molar-refractivity contribution in [3.63, 3.8) is 0 Å². The second-order valence-corrected chi connectivity index (χ2v) is 6.77. The Labute approximate surface area is 118 Å². The minimum atomic E-state index is -0.733. The molecule has 1 aliphatic heterocycles. The zero-order chi connectivity index (χ0) is 13.7. The number of hydrogen-bond acceptors (Lipinski definition) is 3. The van der Waals surface area contributed by atoms with Gasteiger partial charge in [-0.1, -0.05) is 0 Å². The van der Waals surface area contributed by atoms with E-state index in [9.17, 15) is 9.59 Å². The van der Waals surface area contributed by atoms with Gasteiger partial charge in [-0.3, -0.25) is 9.59 Å². The van der Waals surface area contributed by atoms with Crippen LogP contribution in [0.4, 0.5) is 0 Å². The average molecular weight is 285 g/mol. The molecule has 108 valence electrons. The zero-order valence-electron chi connectivity index (χ0n) is 11.3. The van der Waals surface area contributed by atoms with Crippen molar-refractivity contribution in [2.45, 2.75) is 38.5 Å². The van der Waals surface area contributed by atoms with Gasteiger partial charge >= 0.3 is 5.97 Å². The molecule has 2 aliphatic rings. The van der Waals surface area contributed by atoms with Gasteiger partial charge in [-0.2, -0.15) is 11.8 Å². The van der Waals surface area contributed by atoms with Crippen molar-refractivity contribution in [2.24, 2.45) is 11.8 Å². The van der Waals surface area contributed by atoms with Crippen LogP contribution in [0.5, 0.6) is 0 Å². The minimum Gasteiger partial charge on any atom is -0.481 e. The van der Waals surface area contributed by atoms with Crippen LogP contribution >= 0.6 is 11.8 Å². The summed E-state index contributed by atoms with van der Waals surface area (Å²) in [5.74, 6) is 2.48. The highest BCUT2D eigenvalue weighted by Crippen LogP contribution is 2.32. The SMILES string of the molecule is O=C(O)CCC1CCCN(C(=O)CSCC2CC2)C1. The Morgan fingerprint density at radius 1 is 1.21 bits per heavy atom. The number of thioether (sulfide) groups is 1. The van der Waals surface area contributed by atoms with E-state index in [1.807, 2.05) is 4.90 Å². The van der Waals surface area contributed by atoms with Crippen molar-refractivity contribution in [1.29, 1.82) is 0 Å². The monoisotopic (exact) mass is 285 g/mol. The maximum absolute atomic E-state index is 12.1. The Bertz CT molecular complexity index is 331. The molecule has 1 amide bonds. The normalized spacial score (nSPS) is 23.4. The molecule has 0 spiro atoms. The van der Waals surface area contributed by atoms with Crippen LogP contribution in [0.2, 0.25) is 0 Å². The molecule has 1 unspecified atom stereocenters. The van der Waals surface area contributed by atoms with E-state index in [0.29, 0.717) is 18.1 Å². The molecule has 1 aliphatic carbocycles. The van der Waals surface area contributed by atoms with Gasteiger partial charge in [0, 0.05) is 19.5 Å². The van der Waals surface area contributed by atoms with Gasteiger partial charge in [-0.05, 0) is 49.7 Å². The highest BCUT2D eigenvalue weighted by molar-refractivity contribution is 7.99. The van der Waals surface area contributed by atoms with E-state index in [1.165, 1.54) is 12.8 Å². The summed E-state index contributed by atoms with van der Waals surface area (Å²) in [6, 6.07) is 0. The van der Waals surface area contributed by atoms with Gasteiger partial charge in [-0.15, -0.1) is 0 Å². The number of nitrogens with zero attached hydrogens (tertiary/aromatic N) is 1. The molecule has 0 aromatic heterocycles. The molecule has 19 heavy (non-hydrogen) atoms. The molecule has 1 N–H and O–H groups in total. The summed E-state index contributed by atoms with van der Waals surface area (Å²) < 4.78 is 0. The van der Waals surface area contributed by atoms with Crippen LogP contribution in [-0.2, 0) is 9.59 Å². The predicted molar refractivity (Wildman–Crippen MR) is 76.2 cm³/mol. The maximum Gasteiger partial charge on any atom is 0.303 e. The number of carboxylic acid groups (broad SMARTS) is 1. The van der Waals surface area contributed by atoms with Crippen LogP contribution in [0.15, 0.2) is 0 Å². The lowest BCUT2D eigenvalue weighted by atomic mass is 9.93. The summed E-state index contributed by atoms with van der Waals surface area (Å²) >= 11 is 1.76. The van der Waals surface area contributed by atoms with Crippen molar-refractivity contribution in [2.75, 3.05) is 24.6 Å². The van der Waals surface area contributed by atoms with Gasteiger partial charge in [0.15, 0.2) is 0 Å². The molecule has 4 nitrogen and oxygen atoms in total. The number of likely N-dealkylation sites (tertiary alicyclic amines) is 1. The number of amides is 1. The second kappa shape index (κ2) is 7.17. The summed E-state index contributed by atoms with van der Waals surface area (Å²) in [6.07, 6.45) is 5.68. The molecular formula is C14H23NO3S. The van der Waals surface area contributed by atoms with Crippen molar-refractivity contribution in [3.05, 3.63) is 0 Å². The first kappa shape index (κ1) is 14.7. The third-order valence-corrected chi connectivity index (χ3v) is 5.07. The largest absolute Gasteiger partial charge is 0.481 e. The van der Waals surface area contributed by atoms with Gasteiger partial charge in [-0.25, -0.2) is 0 Å². The van der Waals surface area contributed by atoms with Crippen LogP contribution in [0.25, 0.3) is 0 Å². The fourth-order valence-corrected chi connectivity index (χ4v) is 3.69. The smallest absolute Gasteiger partial charge is 0.303 e. The third kappa shape index (κ3) is 5.43. The topological polar surface area (TPSA) is 57.6 Å². The summed E-state index contributed by atoms with van der Waals surface area (Å²) in [7, 11) is 0. The lowest BCUT2D eigenvalue weighted by Crippen LogP contribution is -2.41. The standard InChI is InChI=1S/C14H23NO3S/c16-13(10-19-9-12-3-4-12)15-7-1-2-11(8-15)5-6-14(17)18/h11-12H,1-10H2,(H,17,18). The summed E-state index contributed by atoms with van der Waals surface area (Å²) in [5, 5.41) is 8.71. The van der Waals surface area contributed by atoms with E-state index in [2.05, 4.69) is 0 Å². The Morgan fingerprint density at radius 3 is 2.68 bits per heavy atom. The molecule has 0 bridgehead atoms. The van der Waals surface area contributed by atoms with E-state index in [4.69, 9.17) is 5.11 Å². The first-order valence-electron chi connectivity index (χ1n) is 7.22. The van der Waals surface area contributed by atoms with Crippen LogP contribution in [-0.4, -0.2) is 46.5 Å². The Kier molecular flexibility index (Phi) is 5.55. The van der Waals surface area contributed by atoms with Crippen LogP contribution in [0.1, 0.15) is 38.5 Å². The summed E-state index contributed by atoms with van der Waals surface area (Å²) in [6.45, 7) is 1.61. The lowest BCUT2D eigenvalue weighted by Gasteiger charge is -2.32. The molecule has 2 fully saturated rings. The Morgan fingerprint density at radius 2 is 2.00 bits per heavy atom. The number of piperidine rings is 1. The predicted octanol–water partition coefficient (Wildman–Crippen LogP) is 2.23. The van der Waals surface area contributed by atoms with E-state index >= 15 is 0 Å². The first-order chi connectivity index (χ1) is 9.15. The molecule has 1 saturated heterocycles. The Balaban J connectivity index is 1.66. The fourth-order valence-electron chi connectivity index (χ4n) is 2.54. The molecule has 5 heteroatoms. The van der Waals surface area contributed by atoms with E-state index in [1.54, 1.807) is 11.8 Å². The second-order valence-electron chi connectivity index (χ2n) is 5.74. The number of carbonyl (C=O) groups excluding carboxylic acids is 1. The van der Waals surface area contributed by atoms with Gasteiger partial charge in [0.25, 0.3) is 0 Å². The molecule has 0 radical (unpaired) electrons. The number of carboxylic acids is 1. The van der Waals surface area contributed by atoms with Crippen molar-refractivity contribution in [3.8, 4) is 0 Å². The average Bonchev–Trinajstić information content (AvgIpc) is 3.21. The quantitative estimate of drug-likeness (QED) is 0.779. The fraction of sp³-hybridized carbons (Fsp3) is 0.857. The molecule has 1 saturated carbocycles. The molecular weight excluding hydrogens is 262 g/mol. The summed E-state index contributed by atoms with van der Waals surface area (Å²) in [5.41, 5.74) is 0. The van der Waals surface area contributed by atoms with Crippen LogP contribution in [0.3, 0.4) is 0 Å². The highest BCUT2D eigenvalue weighted by Gasteiger charge is 2.25. The van der Waals surface area contributed by atoms with Crippen molar-refractivity contribution >= 4 is 23.6 Å². The molecule has 0 aromatic carbocycles. The van der Waals surface area contributed by atoms with E-state index in [-0.39, 0.29) is 12.3 Å². The number of aliphatic carboxylic acids is 1. The minimum absolute atomic E-state index is 0.225. The van der Waals surface area contributed by atoms with Gasteiger partial charge in [0.05, 0.1) is 5.75 Å². The van der Waals surface area contributed by atoms with E-state index < -0.39 is 5.97 Å². The van der Waals surface area contributed by atoms with Crippen LogP contribution < -0.4 is 0 Å². The molecule has 1 atom stereocenters. The van der Waals surface area contributed by atoms with Crippen molar-refractivity contribution < 1.29 is 14.7 Å². The highest BCUT2D eigenvalue weighted by atomic mass is 32.2. The molecule has 1 heterocycles. The number of rotatable bonds is 7. The van der Waals surface area contributed by atoms with Gasteiger partial charge in [0.2, 0.25) is 5.91 Å². The van der Waals surface area contributed by atoms with E-state index in [0.717, 1.165) is 37.6 Å². The zero-order valence-corrected chi connectivity index (χ0v) is 12.2. The Hall–Kier alpha value is -0.710. The maximum atomic E-state index is 12.1.